The van der Waals surface area contributed by atoms with Crippen LogP contribution in [0.5, 0.6) is 0 Å². The summed E-state index contributed by atoms with van der Waals surface area (Å²) in [4.78, 5) is 0. The van der Waals surface area contributed by atoms with Gasteiger partial charge in [-0.1, -0.05) is 18.9 Å². The van der Waals surface area contributed by atoms with Crippen molar-refractivity contribution in [1.29, 1.82) is 0 Å². The molecule has 1 rings (SSSR count). The fourth-order valence-electron chi connectivity index (χ4n) is 2.25. The molecule has 1 aliphatic rings. The average Bonchev–Trinajstić information content (AvgIpc) is 2.28. The molecule has 1 saturated carbocycles. The molecule has 0 aromatic carbocycles. The molecule has 0 aromatic rings. The minimum atomic E-state index is -4.05. The van der Waals surface area contributed by atoms with Crippen LogP contribution in [0.4, 0.5) is 13.2 Å². The Labute approximate surface area is 105 Å². The van der Waals surface area contributed by atoms with Crippen LogP contribution in [-0.4, -0.2) is 30.3 Å². The lowest BCUT2D eigenvalue weighted by atomic mass is 9.84. The number of nitrogens with one attached hydrogen (secondary N) is 1. The molecule has 100 valence electrons. The highest BCUT2D eigenvalue weighted by atomic mass is 32.2. The van der Waals surface area contributed by atoms with Crippen molar-refractivity contribution in [2.45, 2.75) is 37.9 Å². The van der Waals surface area contributed by atoms with Crippen LogP contribution < -0.4 is 5.32 Å². The lowest BCUT2D eigenvalue weighted by molar-refractivity contribution is -0.188. The quantitative estimate of drug-likeness (QED) is 0.583. The number of thioether (sulfide) groups is 1. The topological polar surface area (TPSA) is 12.0 Å². The maximum absolute atomic E-state index is 12.8. The third-order valence-electron chi connectivity index (χ3n) is 3.08. The van der Waals surface area contributed by atoms with E-state index in [0.29, 0.717) is 19.4 Å². The van der Waals surface area contributed by atoms with E-state index in [4.69, 9.17) is 0 Å². The Morgan fingerprint density at radius 3 is 2.65 bits per heavy atom. The van der Waals surface area contributed by atoms with Gasteiger partial charge in [0.05, 0.1) is 5.92 Å². The Bertz CT molecular complexity index is 230. The van der Waals surface area contributed by atoms with Crippen LogP contribution in [0.15, 0.2) is 12.7 Å². The summed E-state index contributed by atoms with van der Waals surface area (Å²) in [6.07, 6.45) is 0.297. The van der Waals surface area contributed by atoms with Gasteiger partial charge in [0.1, 0.15) is 0 Å². The predicted octanol–water partition coefficient (Wildman–Crippen LogP) is 3.62. The zero-order chi connectivity index (χ0) is 12.7. The molecule has 0 radical (unpaired) electrons. The molecule has 0 aromatic heterocycles. The summed E-state index contributed by atoms with van der Waals surface area (Å²) in [6.45, 7) is 4.25. The van der Waals surface area contributed by atoms with Crippen molar-refractivity contribution >= 4 is 11.8 Å². The molecule has 17 heavy (non-hydrogen) atoms. The molecular formula is C12H20F3NS. The first-order valence-corrected chi connectivity index (χ1v) is 7.20. The first-order chi connectivity index (χ1) is 8.05. The minimum Gasteiger partial charge on any atom is -0.313 e. The Hall–Kier alpha value is -0.160. The number of rotatable bonds is 6. The largest absolute Gasteiger partial charge is 0.393 e. The van der Waals surface area contributed by atoms with Crippen molar-refractivity contribution in [3.8, 4) is 0 Å². The van der Waals surface area contributed by atoms with Crippen LogP contribution in [0.25, 0.3) is 0 Å². The van der Waals surface area contributed by atoms with Gasteiger partial charge in [-0.2, -0.15) is 24.9 Å². The molecule has 1 nitrogen and oxygen atoms in total. The van der Waals surface area contributed by atoms with Gasteiger partial charge in [0.25, 0.3) is 0 Å². The lowest BCUT2D eigenvalue weighted by Crippen LogP contribution is -2.46. The molecule has 0 aliphatic heterocycles. The van der Waals surface area contributed by atoms with Crippen LogP contribution in [0, 0.1) is 5.92 Å². The van der Waals surface area contributed by atoms with Gasteiger partial charge in [-0.15, -0.1) is 6.58 Å². The SMILES string of the molecule is C=CCSCCNC1CCCCC1C(F)(F)F. The second kappa shape index (κ2) is 7.31. The summed E-state index contributed by atoms with van der Waals surface area (Å²) in [5.41, 5.74) is 0. The van der Waals surface area contributed by atoms with Crippen LogP contribution >= 0.6 is 11.8 Å². The fraction of sp³-hybridized carbons (Fsp3) is 0.833. The number of alkyl halides is 3. The average molecular weight is 267 g/mol. The Morgan fingerprint density at radius 1 is 1.29 bits per heavy atom. The van der Waals surface area contributed by atoms with Gasteiger partial charge in [-0.25, -0.2) is 0 Å². The van der Waals surface area contributed by atoms with Crippen LogP contribution in [0.1, 0.15) is 25.7 Å². The van der Waals surface area contributed by atoms with E-state index in [1.807, 2.05) is 6.08 Å². The molecular weight excluding hydrogens is 247 g/mol. The summed E-state index contributed by atoms with van der Waals surface area (Å²) in [6, 6.07) is -0.381. The summed E-state index contributed by atoms with van der Waals surface area (Å²) < 4.78 is 38.3. The zero-order valence-electron chi connectivity index (χ0n) is 9.93. The maximum atomic E-state index is 12.8. The van der Waals surface area contributed by atoms with Crippen molar-refractivity contribution in [3.63, 3.8) is 0 Å². The van der Waals surface area contributed by atoms with Gasteiger partial charge < -0.3 is 5.32 Å². The number of hydrogen-bond acceptors (Lipinski definition) is 2. The maximum Gasteiger partial charge on any atom is 0.393 e. The molecule has 0 heterocycles. The number of halogens is 3. The Balaban J connectivity index is 2.30. The first kappa shape index (κ1) is 14.9. The molecule has 0 spiro atoms. The Morgan fingerprint density at radius 2 is 2.00 bits per heavy atom. The van der Waals surface area contributed by atoms with Crippen LogP contribution in [-0.2, 0) is 0 Å². The van der Waals surface area contributed by atoms with Gasteiger partial charge in [0.2, 0.25) is 0 Å². The second-order valence-electron chi connectivity index (χ2n) is 4.36. The van der Waals surface area contributed by atoms with E-state index in [0.717, 1.165) is 17.9 Å². The van der Waals surface area contributed by atoms with E-state index in [1.54, 1.807) is 11.8 Å². The van der Waals surface area contributed by atoms with Crippen molar-refractivity contribution < 1.29 is 13.2 Å². The normalized spacial score (nSPS) is 25.8. The lowest BCUT2D eigenvalue weighted by Gasteiger charge is -2.33. The molecule has 0 bridgehead atoms. The van der Waals surface area contributed by atoms with Gasteiger partial charge in [0, 0.05) is 24.1 Å². The zero-order valence-corrected chi connectivity index (χ0v) is 10.7. The third kappa shape index (κ3) is 5.34. The first-order valence-electron chi connectivity index (χ1n) is 6.04. The van der Waals surface area contributed by atoms with Crippen molar-refractivity contribution in [1.82, 2.24) is 5.32 Å². The second-order valence-corrected chi connectivity index (χ2v) is 5.51. The van der Waals surface area contributed by atoms with E-state index >= 15 is 0 Å². The monoisotopic (exact) mass is 267 g/mol. The molecule has 0 saturated heterocycles. The van der Waals surface area contributed by atoms with Crippen molar-refractivity contribution in [3.05, 3.63) is 12.7 Å². The van der Waals surface area contributed by atoms with Crippen molar-refractivity contribution in [2.75, 3.05) is 18.1 Å². The highest BCUT2D eigenvalue weighted by molar-refractivity contribution is 7.99. The third-order valence-corrected chi connectivity index (χ3v) is 4.04. The predicted molar refractivity (Wildman–Crippen MR) is 67.3 cm³/mol. The minimum absolute atomic E-state index is 0.279. The summed E-state index contributed by atoms with van der Waals surface area (Å²) in [7, 11) is 0. The van der Waals surface area contributed by atoms with E-state index in [-0.39, 0.29) is 12.5 Å². The van der Waals surface area contributed by atoms with E-state index < -0.39 is 12.1 Å². The molecule has 1 fully saturated rings. The van der Waals surface area contributed by atoms with Crippen LogP contribution in [0.2, 0.25) is 0 Å². The van der Waals surface area contributed by atoms with Crippen LogP contribution in [0.3, 0.4) is 0 Å². The highest BCUT2D eigenvalue weighted by Crippen LogP contribution is 2.37. The summed E-state index contributed by atoms with van der Waals surface area (Å²) >= 11 is 1.69. The molecule has 1 N–H and O–H groups in total. The molecule has 2 atom stereocenters. The van der Waals surface area contributed by atoms with Gasteiger partial charge in [0.15, 0.2) is 0 Å². The molecule has 1 aliphatic carbocycles. The summed E-state index contributed by atoms with van der Waals surface area (Å²) in [5.74, 6) is 0.544. The smallest absolute Gasteiger partial charge is 0.313 e. The van der Waals surface area contributed by atoms with Gasteiger partial charge in [-0.3, -0.25) is 0 Å². The van der Waals surface area contributed by atoms with E-state index in [1.165, 1.54) is 0 Å². The summed E-state index contributed by atoms with van der Waals surface area (Å²) in [5, 5.41) is 3.06. The van der Waals surface area contributed by atoms with Crippen molar-refractivity contribution in [2.24, 2.45) is 5.92 Å². The molecule has 2 unspecified atom stereocenters. The van der Waals surface area contributed by atoms with E-state index in [9.17, 15) is 13.2 Å². The van der Waals surface area contributed by atoms with E-state index in [2.05, 4.69) is 11.9 Å². The molecule has 5 heteroatoms. The van der Waals surface area contributed by atoms with Gasteiger partial charge >= 0.3 is 6.18 Å². The Kier molecular flexibility index (Phi) is 6.41. The highest BCUT2D eigenvalue weighted by Gasteiger charge is 2.45. The standard InChI is InChI=1S/C12H20F3NS/c1-2-8-17-9-7-16-11-6-4-3-5-10(11)12(13,14)15/h2,10-11,16H,1,3-9H2. The number of hydrogen-bond donors (Lipinski definition) is 1. The molecule has 0 amide bonds. The fourth-order valence-corrected chi connectivity index (χ4v) is 2.85. The van der Waals surface area contributed by atoms with Gasteiger partial charge in [-0.05, 0) is 12.8 Å².